The molecule has 1 heterocycles. The number of amides is 1. The number of aliphatic hydroxyl groups is 5. The van der Waals surface area contributed by atoms with Crippen molar-refractivity contribution in [2.45, 2.75) is 332 Å². The number of unbranched alkanes of at least 4 members (excludes halogenated alkanes) is 38. The lowest BCUT2D eigenvalue weighted by Crippen LogP contribution is -2.61. The molecule has 14 heteroatoms. The van der Waals surface area contributed by atoms with Crippen molar-refractivity contribution in [3.8, 4) is 0 Å². The van der Waals surface area contributed by atoms with Crippen LogP contribution in [0.3, 0.4) is 0 Å². The van der Waals surface area contributed by atoms with Crippen molar-refractivity contribution < 1.29 is 57.0 Å². The molecule has 412 valence electrons. The predicted octanol–water partition coefficient (Wildman–Crippen LogP) is 12.3. The van der Waals surface area contributed by atoms with E-state index in [4.69, 9.17) is 9.47 Å². The van der Waals surface area contributed by atoms with Crippen LogP contribution < -0.4 is 5.32 Å². The quantitative estimate of drug-likeness (QED) is 0.0224. The van der Waals surface area contributed by atoms with E-state index in [-0.39, 0.29) is 6.42 Å². The molecule has 69 heavy (non-hydrogen) atoms. The van der Waals surface area contributed by atoms with E-state index >= 15 is 0 Å². The lowest BCUT2D eigenvalue weighted by atomic mass is 9.99. The Morgan fingerprint density at radius 2 is 0.841 bits per heavy atom. The van der Waals surface area contributed by atoms with E-state index in [0.717, 1.165) is 38.5 Å². The summed E-state index contributed by atoms with van der Waals surface area (Å²) in [7, 11) is -5.11. The third-order valence-electron chi connectivity index (χ3n) is 14.3. The average molecular weight is 1010 g/mol. The highest BCUT2D eigenvalue weighted by Gasteiger charge is 2.48. The predicted molar refractivity (Wildman–Crippen MR) is 279 cm³/mol. The van der Waals surface area contributed by atoms with Gasteiger partial charge in [0.1, 0.15) is 30.5 Å². The second-order valence-electron chi connectivity index (χ2n) is 20.7. The monoisotopic (exact) mass is 1010 g/mol. The van der Waals surface area contributed by atoms with E-state index in [1.54, 1.807) is 0 Å². The first-order valence-corrected chi connectivity index (χ1v) is 30.4. The molecule has 13 nitrogen and oxygen atoms in total. The van der Waals surface area contributed by atoms with Crippen molar-refractivity contribution >= 4 is 16.3 Å². The summed E-state index contributed by atoms with van der Waals surface area (Å²) in [6.45, 7) is 3.34. The molecule has 8 atom stereocenters. The molecule has 8 unspecified atom stereocenters. The number of ether oxygens (including phenoxy) is 2. The zero-order valence-electron chi connectivity index (χ0n) is 44.3. The topological polar surface area (TPSA) is 212 Å². The van der Waals surface area contributed by atoms with Crippen LogP contribution in [0.2, 0.25) is 0 Å². The molecule has 0 aromatic rings. The Kier molecular flexibility index (Phi) is 43.7. The molecule has 1 rings (SSSR count). The summed E-state index contributed by atoms with van der Waals surface area (Å²) in [4.78, 5) is 13.2. The number of nitrogens with one attached hydrogen (secondary N) is 1. The van der Waals surface area contributed by atoms with Gasteiger partial charge in [0.05, 0.1) is 25.4 Å². The van der Waals surface area contributed by atoms with E-state index < -0.39 is 78.5 Å². The normalized spacial score (nSPS) is 20.0. The third kappa shape index (κ3) is 37.5. The molecule has 1 fully saturated rings. The third-order valence-corrected chi connectivity index (χ3v) is 14.7. The molecular weight excluding hydrogens is 899 g/mol. The minimum atomic E-state index is -5.11. The van der Waals surface area contributed by atoms with Gasteiger partial charge in [-0.2, -0.15) is 8.42 Å². The largest absolute Gasteiger partial charge is 0.397 e. The van der Waals surface area contributed by atoms with Gasteiger partial charge in [0.15, 0.2) is 6.29 Å². The van der Waals surface area contributed by atoms with Crippen molar-refractivity contribution in [3.63, 3.8) is 0 Å². The average Bonchev–Trinajstić information content (AvgIpc) is 3.32. The Hall–Kier alpha value is -0.940. The zero-order valence-corrected chi connectivity index (χ0v) is 45.1. The van der Waals surface area contributed by atoms with Crippen LogP contribution in [-0.4, -0.2) is 107 Å². The van der Waals surface area contributed by atoms with E-state index in [0.29, 0.717) is 19.3 Å². The molecule has 0 aromatic heterocycles. The molecular formula is C55H109NO12S. The van der Waals surface area contributed by atoms with Crippen LogP contribution in [0.4, 0.5) is 0 Å². The van der Waals surface area contributed by atoms with Crippen LogP contribution in [0, 0.1) is 0 Å². The summed E-state index contributed by atoms with van der Waals surface area (Å²) >= 11 is 0. The van der Waals surface area contributed by atoms with Crippen molar-refractivity contribution in [1.82, 2.24) is 5.32 Å². The lowest BCUT2D eigenvalue weighted by Gasteiger charge is -2.41. The molecule has 1 amide bonds. The molecule has 0 radical (unpaired) electrons. The lowest BCUT2D eigenvalue weighted by molar-refractivity contribution is -0.298. The molecule has 0 aliphatic carbocycles. The van der Waals surface area contributed by atoms with Crippen molar-refractivity contribution in [2.24, 2.45) is 0 Å². The Morgan fingerprint density at radius 3 is 1.16 bits per heavy atom. The number of aliphatic hydroxyl groups excluding tert-OH is 5. The fraction of sp³-hybridized carbons (Fsp3) is 0.982. The van der Waals surface area contributed by atoms with Gasteiger partial charge in [0.2, 0.25) is 5.91 Å². The molecule has 1 aliphatic heterocycles. The Bertz CT molecular complexity index is 1250. The van der Waals surface area contributed by atoms with Crippen LogP contribution in [0.25, 0.3) is 0 Å². The van der Waals surface area contributed by atoms with Crippen LogP contribution in [0.15, 0.2) is 0 Å². The number of hydrogen-bond acceptors (Lipinski definition) is 11. The van der Waals surface area contributed by atoms with Crippen LogP contribution >= 0.6 is 0 Å². The number of rotatable bonds is 51. The summed E-state index contributed by atoms with van der Waals surface area (Å²) in [6.07, 6.45) is 39.9. The second kappa shape index (κ2) is 45.7. The van der Waals surface area contributed by atoms with Crippen LogP contribution in [0.1, 0.15) is 284 Å². The Balaban J connectivity index is 2.40. The van der Waals surface area contributed by atoms with Crippen molar-refractivity contribution in [1.29, 1.82) is 0 Å². The van der Waals surface area contributed by atoms with E-state index in [2.05, 4.69) is 23.3 Å². The molecule has 0 bridgehead atoms. The van der Waals surface area contributed by atoms with Gasteiger partial charge in [-0.15, -0.1) is 0 Å². The summed E-state index contributed by atoms with van der Waals surface area (Å²) in [5.41, 5.74) is 0. The van der Waals surface area contributed by atoms with Gasteiger partial charge in [-0.25, -0.2) is 4.18 Å². The van der Waals surface area contributed by atoms with Crippen molar-refractivity contribution in [2.75, 3.05) is 13.2 Å². The maximum absolute atomic E-state index is 13.2. The SMILES string of the molecule is CCCCCCCCCCCCCCCCCCCCCCCC(O)C(COC1OC(CO)C(O)C(OS(=O)(=O)O)C1O)NC(=O)C(O)CCCCCCCCCCCCCCCCCCCCC. The first-order chi connectivity index (χ1) is 33.4. The Morgan fingerprint density at radius 1 is 0.522 bits per heavy atom. The second-order valence-corrected chi connectivity index (χ2v) is 21.8. The maximum Gasteiger partial charge on any atom is 0.397 e. The number of hydrogen-bond donors (Lipinski definition) is 7. The van der Waals surface area contributed by atoms with Gasteiger partial charge in [0.25, 0.3) is 0 Å². The molecule has 0 aromatic carbocycles. The number of carbonyl (C=O) groups excluding carboxylic acids is 1. The molecule has 0 spiro atoms. The highest BCUT2D eigenvalue weighted by Crippen LogP contribution is 2.26. The first kappa shape index (κ1) is 66.1. The summed E-state index contributed by atoms with van der Waals surface area (Å²) in [5.74, 6) is -0.662. The van der Waals surface area contributed by atoms with Gasteiger partial charge in [-0.05, 0) is 12.8 Å². The Labute approximate surface area is 422 Å². The maximum atomic E-state index is 13.2. The van der Waals surface area contributed by atoms with Gasteiger partial charge >= 0.3 is 10.4 Å². The number of carbonyl (C=O) groups is 1. The van der Waals surface area contributed by atoms with E-state index in [1.165, 1.54) is 205 Å². The summed E-state index contributed by atoms with van der Waals surface area (Å²) < 4.78 is 47.8. The van der Waals surface area contributed by atoms with Gasteiger partial charge in [-0.1, -0.05) is 271 Å². The molecule has 1 aliphatic rings. The van der Waals surface area contributed by atoms with Gasteiger partial charge in [0, 0.05) is 0 Å². The summed E-state index contributed by atoms with van der Waals surface area (Å²) in [5, 5.41) is 55.7. The summed E-state index contributed by atoms with van der Waals surface area (Å²) in [6, 6.07) is -1.03. The first-order valence-electron chi connectivity index (χ1n) is 29.0. The molecule has 7 N–H and O–H groups in total. The fourth-order valence-electron chi connectivity index (χ4n) is 9.71. The van der Waals surface area contributed by atoms with Gasteiger partial charge < -0.3 is 40.3 Å². The van der Waals surface area contributed by atoms with E-state index in [9.17, 15) is 43.3 Å². The highest BCUT2D eigenvalue weighted by atomic mass is 32.3. The van der Waals surface area contributed by atoms with Gasteiger partial charge in [-0.3, -0.25) is 9.35 Å². The van der Waals surface area contributed by atoms with Crippen LogP contribution in [0.5, 0.6) is 0 Å². The smallest absolute Gasteiger partial charge is 0.394 e. The highest BCUT2D eigenvalue weighted by molar-refractivity contribution is 7.80. The minimum Gasteiger partial charge on any atom is -0.394 e. The zero-order chi connectivity index (χ0) is 50.6. The molecule has 0 saturated carbocycles. The van der Waals surface area contributed by atoms with E-state index in [1.807, 2.05) is 0 Å². The standard InChI is InChI=1S/C55H109NO12S/c1-3-5-7-9-11-13-15-17-19-21-23-24-26-27-29-31-33-35-37-39-41-43-48(58)47(46-66-55-52(61)53(68-69(63,64)65)51(60)50(45-57)67-55)56-54(62)49(59)44-42-40-38-36-34-32-30-28-25-22-20-18-16-14-12-10-8-6-4-2/h47-53,55,57-61H,3-46H2,1-2H3,(H,56,62)(H,63,64,65). The fourth-order valence-corrected chi connectivity index (χ4v) is 10.2. The molecule has 1 saturated heterocycles. The van der Waals surface area contributed by atoms with Crippen molar-refractivity contribution in [3.05, 3.63) is 0 Å². The van der Waals surface area contributed by atoms with Crippen LogP contribution in [-0.2, 0) is 28.9 Å². The minimum absolute atomic E-state index is 0.267.